The van der Waals surface area contributed by atoms with Crippen molar-refractivity contribution in [1.82, 2.24) is 20.9 Å². The molecule has 0 aliphatic rings. The molecule has 1 atom stereocenters. The molecule has 1 aromatic heterocycles. The quantitative estimate of drug-likeness (QED) is 0.208. The van der Waals surface area contributed by atoms with Crippen LogP contribution in [0.15, 0.2) is 82.7 Å². The van der Waals surface area contributed by atoms with Crippen LogP contribution in [-0.2, 0) is 4.79 Å². The van der Waals surface area contributed by atoms with Gasteiger partial charge in [0.15, 0.2) is 6.04 Å². The number of aryl methyl sites for hydroxylation is 1. The monoisotopic (exact) mass is 484 g/mol. The maximum atomic E-state index is 13.2. The number of H-pyrrole nitrogens is 1. The van der Waals surface area contributed by atoms with E-state index in [0.717, 1.165) is 0 Å². The fourth-order valence-electron chi connectivity index (χ4n) is 3.56. The molecule has 0 aliphatic heterocycles. The van der Waals surface area contributed by atoms with Gasteiger partial charge in [-0.05, 0) is 25.1 Å². The summed E-state index contributed by atoms with van der Waals surface area (Å²) in [5.74, 6) is -1.27. The minimum Gasteiger partial charge on any atom is -0.335 e. The van der Waals surface area contributed by atoms with Gasteiger partial charge in [-0.1, -0.05) is 48.5 Å². The zero-order valence-corrected chi connectivity index (χ0v) is 19.0. The molecule has 0 spiro atoms. The van der Waals surface area contributed by atoms with Gasteiger partial charge in [0.05, 0.1) is 16.5 Å². The summed E-state index contributed by atoms with van der Waals surface area (Å²) < 4.78 is 0. The fraction of sp³-hybridized carbons (Fsp3) is 0.0800. The van der Waals surface area contributed by atoms with E-state index in [-0.39, 0.29) is 11.4 Å². The average Bonchev–Trinajstić information content (AvgIpc) is 2.89. The second-order valence-electron chi connectivity index (χ2n) is 7.79. The number of hydrogen-bond acceptors (Lipinski definition) is 7. The van der Waals surface area contributed by atoms with Crippen molar-refractivity contribution in [3.8, 4) is 0 Å². The smallest absolute Gasteiger partial charge is 0.272 e. The zero-order valence-electron chi connectivity index (χ0n) is 19.0. The molecule has 180 valence electrons. The third-order valence-electron chi connectivity index (χ3n) is 5.39. The van der Waals surface area contributed by atoms with Crippen LogP contribution in [-0.4, -0.2) is 33.1 Å². The van der Waals surface area contributed by atoms with Gasteiger partial charge in [0.1, 0.15) is 5.69 Å². The second kappa shape index (κ2) is 10.4. The Bertz CT molecular complexity index is 1550. The van der Waals surface area contributed by atoms with Gasteiger partial charge in [0, 0.05) is 28.1 Å². The minimum absolute atomic E-state index is 0.0813. The van der Waals surface area contributed by atoms with Crippen molar-refractivity contribution in [3.63, 3.8) is 0 Å². The number of fused-ring (bicyclic) bond motifs is 1. The van der Waals surface area contributed by atoms with E-state index >= 15 is 0 Å². The minimum atomic E-state index is -1.32. The summed E-state index contributed by atoms with van der Waals surface area (Å²) in [5, 5.41) is 24.8. The summed E-state index contributed by atoms with van der Waals surface area (Å²) >= 11 is 0. The first-order chi connectivity index (χ1) is 17.3. The van der Waals surface area contributed by atoms with Crippen LogP contribution >= 0.6 is 0 Å². The molecule has 4 aromatic rings. The van der Waals surface area contributed by atoms with Crippen LogP contribution in [0.4, 0.5) is 5.69 Å². The maximum Gasteiger partial charge on any atom is 0.272 e. The lowest BCUT2D eigenvalue weighted by Crippen LogP contribution is -2.40. The highest BCUT2D eigenvalue weighted by molar-refractivity contribution is 5.99. The zero-order chi connectivity index (χ0) is 25.7. The van der Waals surface area contributed by atoms with E-state index in [4.69, 9.17) is 0 Å². The summed E-state index contributed by atoms with van der Waals surface area (Å²) in [6, 6.07) is 18.0. The van der Waals surface area contributed by atoms with E-state index < -0.39 is 28.3 Å². The largest absolute Gasteiger partial charge is 0.335 e. The topological polar surface area (TPSA) is 159 Å². The normalized spacial score (nSPS) is 11.8. The lowest BCUT2D eigenvalue weighted by Gasteiger charge is -2.18. The van der Waals surface area contributed by atoms with Crippen LogP contribution in [0.1, 0.15) is 33.2 Å². The Balaban J connectivity index is 1.66. The van der Waals surface area contributed by atoms with Crippen LogP contribution in [0.2, 0.25) is 0 Å². The predicted molar refractivity (Wildman–Crippen MR) is 133 cm³/mol. The number of nitrogens with zero attached hydrogens (tertiary/aromatic N) is 3. The van der Waals surface area contributed by atoms with E-state index in [1.165, 1.54) is 12.3 Å². The van der Waals surface area contributed by atoms with Crippen molar-refractivity contribution in [2.24, 2.45) is 5.10 Å². The highest BCUT2D eigenvalue weighted by atomic mass is 16.6. The first-order valence-electron chi connectivity index (χ1n) is 10.8. The van der Waals surface area contributed by atoms with Gasteiger partial charge in [-0.25, -0.2) is 10.5 Å². The third-order valence-corrected chi connectivity index (χ3v) is 5.39. The summed E-state index contributed by atoms with van der Waals surface area (Å²) in [6.07, 6.45) is 1.25. The predicted octanol–water partition coefficient (Wildman–Crippen LogP) is 2.76. The molecule has 11 nitrogen and oxygen atoms in total. The van der Waals surface area contributed by atoms with Crippen molar-refractivity contribution in [2.45, 2.75) is 13.0 Å². The molecule has 2 amide bonds. The molecule has 0 saturated carbocycles. The molecule has 36 heavy (non-hydrogen) atoms. The first-order valence-corrected chi connectivity index (χ1v) is 10.8. The van der Waals surface area contributed by atoms with Gasteiger partial charge in [-0.2, -0.15) is 10.2 Å². The molecule has 11 heteroatoms. The Morgan fingerprint density at radius 1 is 1.06 bits per heavy atom. The molecule has 0 radical (unpaired) electrons. The van der Waals surface area contributed by atoms with Crippen LogP contribution in [0, 0.1) is 17.0 Å². The SMILES string of the molecule is Cc1ccc(/C=N\NC(=O)[C@@H](NC(=O)c2ccccc2)c2n[nH]c(=O)c3ccccc23)cc1[N+](=O)[O-]. The number of carbonyl (C=O) groups excluding carboxylic acids is 2. The van der Waals surface area contributed by atoms with Crippen LogP contribution in [0.25, 0.3) is 10.8 Å². The molecular formula is C25H20N6O5. The van der Waals surface area contributed by atoms with Gasteiger partial charge >= 0.3 is 0 Å². The Morgan fingerprint density at radius 3 is 2.47 bits per heavy atom. The van der Waals surface area contributed by atoms with Crippen molar-refractivity contribution in [3.05, 3.63) is 116 Å². The van der Waals surface area contributed by atoms with E-state index in [0.29, 0.717) is 27.5 Å². The number of nitro groups is 1. The number of aromatic amines is 1. The van der Waals surface area contributed by atoms with Crippen molar-refractivity contribution in [1.29, 1.82) is 0 Å². The van der Waals surface area contributed by atoms with Crippen LogP contribution in [0.5, 0.6) is 0 Å². The van der Waals surface area contributed by atoms with E-state index in [1.54, 1.807) is 73.7 Å². The molecule has 0 fully saturated rings. The Morgan fingerprint density at radius 2 is 1.75 bits per heavy atom. The van der Waals surface area contributed by atoms with Gasteiger partial charge in [0.2, 0.25) is 0 Å². The second-order valence-corrected chi connectivity index (χ2v) is 7.79. The number of hydrogen-bond donors (Lipinski definition) is 3. The average molecular weight is 484 g/mol. The molecule has 0 saturated heterocycles. The van der Waals surface area contributed by atoms with Crippen molar-refractivity contribution >= 4 is 34.5 Å². The molecule has 4 rings (SSSR count). The number of hydrazone groups is 1. The summed E-state index contributed by atoms with van der Waals surface area (Å²) in [5.41, 5.74) is 3.14. The number of amides is 2. The van der Waals surface area contributed by atoms with Crippen molar-refractivity contribution in [2.75, 3.05) is 0 Å². The molecule has 1 heterocycles. The highest BCUT2D eigenvalue weighted by Gasteiger charge is 2.27. The number of benzene rings is 3. The van der Waals surface area contributed by atoms with Crippen molar-refractivity contribution < 1.29 is 14.5 Å². The molecule has 3 aromatic carbocycles. The van der Waals surface area contributed by atoms with E-state index in [9.17, 15) is 24.5 Å². The highest BCUT2D eigenvalue weighted by Crippen LogP contribution is 2.21. The van der Waals surface area contributed by atoms with E-state index in [1.807, 2.05) is 0 Å². The van der Waals surface area contributed by atoms with Gasteiger partial charge in [-0.3, -0.25) is 24.5 Å². The summed E-state index contributed by atoms with van der Waals surface area (Å²) in [7, 11) is 0. The number of carbonyl (C=O) groups is 2. The molecule has 0 bridgehead atoms. The lowest BCUT2D eigenvalue weighted by molar-refractivity contribution is -0.385. The fourth-order valence-corrected chi connectivity index (χ4v) is 3.56. The van der Waals surface area contributed by atoms with E-state index in [2.05, 4.69) is 26.0 Å². The maximum absolute atomic E-state index is 13.2. The standard InChI is InChI=1S/C25H20N6O5/c1-15-11-12-16(13-20(15)31(35)36)14-26-29-25(34)22(27-23(32)17-7-3-2-4-8-17)21-18-9-5-6-10-19(18)24(33)30-28-21/h2-14,22H,1H3,(H,27,32)(H,29,34)(H,30,33)/b26-14-/t22-/m0/s1. The number of nitro benzene ring substituents is 1. The number of rotatable bonds is 7. The molecule has 3 N–H and O–H groups in total. The summed E-state index contributed by atoms with van der Waals surface area (Å²) in [4.78, 5) is 48.9. The summed E-state index contributed by atoms with van der Waals surface area (Å²) in [6.45, 7) is 1.61. The Hall–Kier alpha value is -5.19. The first kappa shape index (κ1) is 24.0. The lowest BCUT2D eigenvalue weighted by atomic mass is 10.0. The molecule has 0 aliphatic carbocycles. The molecular weight excluding hydrogens is 464 g/mol. The molecule has 0 unspecified atom stereocenters. The third kappa shape index (κ3) is 5.14. The van der Waals surface area contributed by atoms with Gasteiger partial charge in [-0.15, -0.1) is 0 Å². The van der Waals surface area contributed by atoms with Gasteiger partial charge < -0.3 is 5.32 Å². The Labute approximate surface area is 204 Å². The Kier molecular flexibility index (Phi) is 6.91. The number of nitrogens with one attached hydrogen (secondary N) is 3. The van der Waals surface area contributed by atoms with Gasteiger partial charge in [0.25, 0.3) is 23.1 Å². The number of aromatic nitrogens is 2. The van der Waals surface area contributed by atoms with Crippen LogP contribution in [0.3, 0.4) is 0 Å². The van der Waals surface area contributed by atoms with Crippen LogP contribution < -0.4 is 16.3 Å².